The summed E-state index contributed by atoms with van der Waals surface area (Å²) in [6, 6.07) is 5.99. The SMILES string of the molecule is Cc1ccc2c(c1)C(C)(C)c1ssc(=S)c1N2C(=O)CN1C(=O)CCC1=O. The Hall–Kier alpha value is -1.90. The first kappa shape index (κ1) is 18.5. The molecule has 2 aliphatic heterocycles. The van der Waals surface area contributed by atoms with Gasteiger partial charge in [0.1, 0.15) is 10.4 Å². The zero-order chi connectivity index (χ0) is 19.5. The Morgan fingerprint density at radius 2 is 1.85 bits per heavy atom. The maximum absolute atomic E-state index is 13.3. The summed E-state index contributed by atoms with van der Waals surface area (Å²) in [6.45, 7) is 6.05. The van der Waals surface area contributed by atoms with E-state index < -0.39 is 0 Å². The second kappa shape index (κ2) is 6.32. The molecule has 3 amide bonds. The van der Waals surface area contributed by atoms with Gasteiger partial charge in [-0.05, 0) is 18.6 Å². The molecular formula is C19H18N2O3S3. The van der Waals surface area contributed by atoms with Gasteiger partial charge in [-0.2, -0.15) is 0 Å². The molecule has 4 rings (SSSR count). The minimum Gasteiger partial charge on any atom is -0.276 e. The number of imide groups is 1. The predicted octanol–water partition coefficient (Wildman–Crippen LogP) is 4.30. The van der Waals surface area contributed by atoms with Gasteiger partial charge in [-0.1, -0.05) is 64.4 Å². The summed E-state index contributed by atoms with van der Waals surface area (Å²) in [5, 5.41) is 0. The van der Waals surface area contributed by atoms with Crippen LogP contribution in [0.4, 0.5) is 11.4 Å². The normalized spacial score (nSPS) is 17.9. The highest BCUT2D eigenvalue weighted by molar-refractivity contribution is 7.80. The molecule has 3 heterocycles. The van der Waals surface area contributed by atoms with Gasteiger partial charge >= 0.3 is 0 Å². The van der Waals surface area contributed by atoms with Crippen molar-refractivity contribution in [1.29, 1.82) is 0 Å². The molecule has 27 heavy (non-hydrogen) atoms. The van der Waals surface area contributed by atoms with Crippen molar-refractivity contribution < 1.29 is 14.4 Å². The van der Waals surface area contributed by atoms with Crippen molar-refractivity contribution in [2.75, 3.05) is 11.4 Å². The van der Waals surface area contributed by atoms with Gasteiger partial charge in [-0.3, -0.25) is 24.2 Å². The fourth-order valence-electron chi connectivity index (χ4n) is 3.70. The highest BCUT2D eigenvalue weighted by Gasteiger charge is 2.42. The fourth-order valence-corrected chi connectivity index (χ4v) is 6.92. The Kier molecular flexibility index (Phi) is 4.32. The highest BCUT2D eigenvalue weighted by atomic mass is 32.9. The standard InChI is InChI=1S/C19H18N2O3S3/c1-10-4-5-12-11(8-10)19(2,3)17-16(18(25)27-26-17)21(12)15(24)9-20-13(22)6-7-14(20)23/h4-5,8H,6-7,9H2,1-3H3. The smallest absolute Gasteiger partial charge is 0.251 e. The van der Waals surface area contributed by atoms with Gasteiger partial charge in [0.15, 0.2) is 0 Å². The van der Waals surface area contributed by atoms with Gasteiger partial charge in [0.2, 0.25) is 11.8 Å². The molecule has 2 aromatic rings. The molecule has 0 radical (unpaired) electrons. The third kappa shape index (κ3) is 2.78. The number of nitrogens with zero attached hydrogens (tertiary/aromatic N) is 2. The lowest BCUT2D eigenvalue weighted by Gasteiger charge is -2.39. The molecule has 1 saturated heterocycles. The summed E-state index contributed by atoms with van der Waals surface area (Å²) in [5.41, 5.74) is 3.39. The van der Waals surface area contributed by atoms with E-state index in [9.17, 15) is 14.4 Å². The fraction of sp³-hybridized carbons (Fsp3) is 0.368. The van der Waals surface area contributed by atoms with Crippen LogP contribution in [-0.4, -0.2) is 29.2 Å². The number of hydrogen-bond donors (Lipinski definition) is 0. The molecule has 0 saturated carbocycles. The van der Waals surface area contributed by atoms with E-state index in [4.69, 9.17) is 12.2 Å². The van der Waals surface area contributed by atoms with E-state index in [1.165, 1.54) is 10.3 Å². The zero-order valence-electron chi connectivity index (χ0n) is 15.2. The highest BCUT2D eigenvalue weighted by Crippen LogP contribution is 2.53. The van der Waals surface area contributed by atoms with Crippen LogP contribution in [0.3, 0.4) is 0 Å². The van der Waals surface area contributed by atoms with Crippen molar-refractivity contribution in [3.63, 3.8) is 0 Å². The van der Waals surface area contributed by atoms with Crippen molar-refractivity contribution in [2.45, 2.75) is 39.0 Å². The first-order chi connectivity index (χ1) is 12.7. The number of anilines is 2. The number of amides is 3. The van der Waals surface area contributed by atoms with Gasteiger partial charge < -0.3 is 0 Å². The number of benzene rings is 1. The lowest BCUT2D eigenvalue weighted by molar-refractivity contribution is -0.141. The molecule has 140 valence electrons. The van der Waals surface area contributed by atoms with Crippen LogP contribution in [-0.2, 0) is 19.8 Å². The van der Waals surface area contributed by atoms with Crippen molar-refractivity contribution >= 4 is 62.0 Å². The topological polar surface area (TPSA) is 57.7 Å². The Labute approximate surface area is 169 Å². The summed E-state index contributed by atoms with van der Waals surface area (Å²) < 4.78 is 0.654. The Balaban J connectivity index is 1.85. The summed E-state index contributed by atoms with van der Waals surface area (Å²) in [7, 11) is 3.07. The molecule has 5 nitrogen and oxygen atoms in total. The number of rotatable bonds is 2. The van der Waals surface area contributed by atoms with E-state index in [1.54, 1.807) is 15.2 Å². The molecule has 1 aromatic heterocycles. The van der Waals surface area contributed by atoms with Gasteiger partial charge in [-0.15, -0.1) is 0 Å². The van der Waals surface area contributed by atoms with Gasteiger partial charge in [0.05, 0.1) is 16.3 Å². The molecule has 0 spiro atoms. The predicted molar refractivity (Wildman–Crippen MR) is 109 cm³/mol. The maximum atomic E-state index is 13.3. The summed E-state index contributed by atoms with van der Waals surface area (Å²) in [4.78, 5) is 40.9. The van der Waals surface area contributed by atoms with E-state index >= 15 is 0 Å². The van der Waals surface area contributed by atoms with Crippen molar-refractivity contribution in [2.24, 2.45) is 0 Å². The Morgan fingerprint density at radius 1 is 1.19 bits per heavy atom. The number of fused-ring (bicyclic) bond motifs is 2. The number of likely N-dealkylation sites (tertiary alicyclic amines) is 1. The molecule has 0 atom stereocenters. The minimum atomic E-state index is -0.308. The second-order valence-electron chi connectivity index (χ2n) is 7.38. The maximum Gasteiger partial charge on any atom is 0.251 e. The van der Waals surface area contributed by atoms with E-state index in [0.29, 0.717) is 3.82 Å². The summed E-state index contributed by atoms with van der Waals surface area (Å²) >= 11 is 5.54. The molecule has 0 bridgehead atoms. The molecule has 0 aliphatic carbocycles. The molecular weight excluding hydrogens is 400 g/mol. The van der Waals surface area contributed by atoms with Gasteiger partial charge in [0.25, 0.3) is 5.91 Å². The number of carbonyl (C=O) groups is 3. The molecule has 1 fully saturated rings. The first-order valence-corrected chi connectivity index (χ1v) is 11.2. The van der Waals surface area contributed by atoms with E-state index in [-0.39, 0.29) is 42.5 Å². The van der Waals surface area contributed by atoms with Gasteiger partial charge in [0, 0.05) is 18.3 Å². The lowest BCUT2D eigenvalue weighted by Crippen LogP contribution is -2.43. The monoisotopic (exact) mass is 418 g/mol. The number of carbonyl (C=O) groups excluding carboxylic acids is 3. The van der Waals surface area contributed by atoms with E-state index in [2.05, 4.69) is 19.9 Å². The number of hydrogen-bond acceptors (Lipinski definition) is 6. The largest absolute Gasteiger partial charge is 0.276 e. The van der Waals surface area contributed by atoms with Crippen LogP contribution >= 0.6 is 32.9 Å². The van der Waals surface area contributed by atoms with Crippen LogP contribution in [0.2, 0.25) is 0 Å². The van der Waals surface area contributed by atoms with E-state index in [0.717, 1.165) is 32.3 Å². The lowest BCUT2D eigenvalue weighted by atomic mass is 9.78. The third-order valence-electron chi connectivity index (χ3n) is 5.16. The van der Waals surface area contributed by atoms with Gasteiger partial charge in [-0.25, -0.2) is 0 Å². The van der Waals surface area contributed by atoms with Crippen LogP contribution in [0.25, 0.3) is 0 Å². The second-order valence-corrected chi connectivity index (χ2v) is 10.2. The minimum absolute atomic E-state index is 0.174. The Bertz CT molecular complexity index is 1030. The third-order valence-corrected chi connectivity index (χ3v) is 8.47. The average Bonchev–Trinajstić information content (AvgIpc) is 3.14. The zero-order valence-corrected chi connectivity index (χ0v) is 17.6. The molecule has 2 aliphatic rings. The average molecular weight is 419 g/mol. The van der Waals surface area contributed by atoms with Crippen LogP contribution in [0.15, 0.2) is 18.2 Å². The quantitative estimate of drug-likeness (QED) is 0.414. The van der Waals surface area contributed by atoms with Crippen molar-refractivity contribution in [3.05, 3.63) is 38.0 Å². The van der Waals surface area contributed by atoms with Crippen molar-refractivity contribution in [3.8, 4) is 0 Å². The van der Waals surface area contributed by atoms with Crippen LogP contribution in [0.5, 0.6) is 0 Å². The summed E-state index contributed by atoms with van der Waals surface area (Å²) in [6.07, 6.45) is 0.347. The van der Waals surface area contributed by atoms with Crippen LogP contribution in [0, 0.1) is 10.7 Å². The number of aryl methyl sites for hydroxylation is 1. The molecule has 0 unspecified atom stereocenters. The van der Waals surface area contributed by atoms with Crippen molar-refractivity contribution in [1.82, 2.24) is 4.90 Å². The molecule has 1 aromatic carbocycles. The Morgan fingerprint density at radius 3 is 2.52 bits per heavy atom. The van der Waals surface area contributed by atoms with Crippen LogP contribution in [0.1, 0.15) is 42.7 Å². The summed E-state index contributed by atoms with van der Waals surface area (Å²) in [5.74, 6) is -0.888. The van der Waals surface area contributed by atoms with E-state index in [1.807, 2.05) is 19.1 Å². The van der Waals surface area contributed by atoms with Crippen LogP contribution < -0.4 is 4.90 Å². The first-order valence-electron chi connectivity index (χ1n) is 8.62. The molecule has 8 heteroatoms. The molecule has 0 N–H and O–H groups in total.